The quantitative estimate of drug-likeness (QED) is 0.0795. The van der Waals surface area contributed by atoms with Crippen LogP contribution in [0.15, 0.2) is 91.0 Å². The summed E-state index contributed by atoms with van der Waals surface area (Å²) in [4.78, 5) is 0. The Morgan fingerprint density at radius 2 is 0.741 bits per heavy atom. The predicted molar refractivity (Wildman–Crippen MR) is 252 cm³/mol. The molecule has 0 saturated carbocycles. The lowest BCUT2D eigenvalue weighted by atomic mass is 9.01. The largest absolute Gasteiger partial charge is 0.412 e. The van der Waals surface area contributed by atoms with Gasteiger partial charge in [-0.1, -0.05) is 182 Å². The standard InChI is InChI=1S/C37H42BO3.C16H36N/c1-5-6-25-38(35(39-2)22-19-29-13-7-10-16-32(29)26-35,36(40-3)23-20-30-14-8-11-17-33(30)27-36)37(41-4)24-21-31-15-9-12-18-34(31)28-37;1-5-9-13-17(14-10-6-2,15-11-7-3)16-12-8-4/h7-24H,5-6,25-28H2,1-4H3;5-16H2,1-4H3/q-1;+1. The molecular formula is C53H78BNO3. The average Bonchev–Trinajstić information content (AvgIpc) is 3.28. The second-order valence-electron chi connectivity index (χ2n) is 17.9. The molecule has 3 unspecified atom stereocenters. The first-order chi connectivity index (χ1) is 28.3. The molecule has 6 rings (SSSR count). The van der Waals surface area contributed by atoms with Crippen LogP contribution in [0.4, 0.5) is 0 Å². The van der Waals surface area contributed by atoms with Crippen molar-refractivity contribution in [2.24, 2.45) is 0 Å². The molecule has 0 saturated heterocycles. The Hall–Kier alpha value is -3.22. The van der Waals surface area contributed by atoms with Crippen LogP contribution in [0.1, 0.15) is 132 Å². The van der Waals surface area contributed by atoms with Gasteiger partial charge in [0.2, 0.25) is 0 Å². The number of rotatable bonds is 21. The zero-order valence-electron chi connectivity index (χ0n) is 37.9. The van der Waals surface area contributed by atoms with Crippen molar-refractivity contribution in [3.63, 3.8) is 0 Å². The number of methoxy groups -OCH3 is 3. The van der Waals surface area contributed by atoms with E-state index in [0.29, 0.717) is 0 Å². The van der Waals surface area contributed by atoms with Gasteiger partial charge in [0, 0.05) is 21.3 Å². The minimum atomic E-state index is -1.70. The van der Waals surface area contributed by atoms with E-state index in [1.807, 2.05) is 21.3 Å². The van der Waals surface area contributed by atoms with Crippen LogP contribution in [0.3, 0.4) is 0 Å². The first-order valence-corrected chi connectivity index (χ1v) is 23.2. The SMILES string of the molecule is CCCC[B-](C1(OC)C=Cc2ccccc2C1)(C1(OC)C=Cc2ccccc2C1)C1(OC)C=Cc2ccccc2C1.CCCC[N+](CCCC)(CCCC)CCCC. The summed E-state index contributed by atoms with van der Waals surface area (Å²) >= 11 is 0. The maximum Gasteiger partial charge on any atom is 0.120 e. The van der Waals surface area contributed by atoms with E-state index < -0.39 is 22.6 Å². The van der Waals surface area contributed by atoms with Gasteiger partial charge in [-0.05, 0) is 94.8 Å². The molecule has 0 fully saturated rings. The topological polar surface area (TPSA) is 27.7 Å². The Labute approximate surface area is 354 Å². The van der Waals surface area contributed by atoms with Crippen molar-refractivity contribution in [3.05, 3.63) is 124 Å². The van der Waals surface area contributed by atoms with Crippen molar-refractivity contribution in [1.82, 2.24) is 0 Å². The van der Waals surface area contributed by atoms with E-state index >= 15 is 0 Å². The number of unbranched alkanes of at least 4 members (excludes halogenated alkanes) is 5. The summed E-state index contributed by atoms with van der Waals surface area (Å²) in [5.74, 6) is 0. The van der Waals surface area contributed by atoms with Gasteiger partial charge in [0.1, 0.15) is 6.15 Å². The summed E-state index contributed by atoms with van der Waals surface area (Å²) in [6.45, 7) is 17.3. The van der Waals surface area contributed by atoms with Crippen molar-refractivity contribution in [2.45, 2.75) is 141 Å². The molecule has 0 amide bonds. The molecule has 0 heterocycles. The fourth-order valence-corrected chi connectivity index (χ4v) is 11.5. The molecule has 0 spiro atoms. The Morgan fingerprint density at radius 1 is 0.448 bits per heavy atom. The van der Waals surface area contributed by atoms with Gasteiger partial charge in [0.15, 0.2) is 0 Å². The van der Waals surface area contributed by atoms with Crippen molar-refractivity contribution in [1.29, 1.82) is 0 Å². The first kappa shape index (κ1) is 45.9. The Bertz CT molecular complexity index is 1600. The number of nitrogens with zero attached hydrogens (tertiary/aromatic N) is 1. The molecule has 316 valence electrons. The van der Waals surface area contributed by atoms with Crippen molar-refractivity contribution < 1.29 is 18.7 Å². The molecule has 0 N–H and O–H groups in total. The zero-order valence-corrected chi connectivity index (χ0v) is 37.9. The van der Waals surface area contributed by atoms with Crippen LogP contribution in [0, 0.1) is 0 Å². The van der Waals surface area contributed by atoms with E-state index in [1.165, 1.54) is 115 Å². The van der Waals surface area contributed by atoms with Crippen molar-refractivity contribution in [3.8, 4) is 0 Å². The summed E-state index contributed by atoms with van der Waals surface area (Å²) in [6, 6.07) is 26.2. The molecule has 58 heavy (non-hydrogen) atoms. The number of hydrogen-bond donors (Lipinski definition) is 0. The zero-order chi connectivity index (χ0) is 41.5. The van der Waals surface area contributed by atoms with E-state index in [2.05, 4.69) is 144 Å². The highest BCUT2D eigenvalue weighted by Gasteiger charge is 2.66. The lowest BCUT2D eigenvalue weighted by molar-refractivity contribution is -0.929. The third-order valence-corrected chi connectivity index (χ3v) is 14.8. The summed E-state index contributed by atoms with van der Waals surface area (Å²) in [5.41, 5.74) is 5.73. The van der Waals surface area contributed by atoms with Crippen molar-refractivity contribution in [2.75, 3.05) is 47.5 Å². The van der Waals surface area contributed by atoms with E-state index in [-0.39, 0.29) is 0 Å². The molecular weight excluding hydrogens is 709 g/mol. The average molecular weight is 788 g/mol. The number of benzene rings is 3. The molecule has 3 aromatic carbocycles. The van der Waals surface area contributed by atoms with Gasteiger partial charge < -0.3 is 18.7 Å². The van der Waals surface area contributed by atoms with E-state index in [0.717, 1.165) is 38.4 Å². The van der Waals surface area contributed by atoms with Gasteiger partial charge in [-0.25, -0.2) is 0 Å². The van der Waals surface area contributed by atoms with Crippen LogP contribution < -0.4 is 0 Å². The predicted octanol–water partition coefficient (Wildman–Crippen LogP) is 12.8. The molecule has 5 heteroatoms. The maximum atomic E-state index is 6.95. The minimum absolute atomic E-state index is 0.650. The second-order valence-corrected chi connectivity index (χ2v) is 17.9. The highest BCUT2D eigenvalue weighted by atomic mass is 16.5. The first-order valence-electron chi connectivity index (χ1n) is 23.2. The summed E-state index contributed by atoms with van der Waals surface area (Å²) in [7, 11) is 5.69. The van der Waals surface area contributed by atoms with E-state index in [4.69, 9.17) is 14.2 Å². The van der Waals surface area contributed by atoms with Crippen LogP contribution >= 0.6 is 0 Å². The molecule has 0 radical (unpaired) electrons. The number of fused-ring (bicyclic) bond motifs is 3. The number of hydrogen-bond acceptors (Lipinski definition) is 3. The molecule has 0 aromatic heterocycles. The van der Waals surface area contributed by atoms with E-state index in [1.54, 1.807) is 0 Å². The fraction of sp³-hybridized carbons (Fsp3) is 0.547. The Balaban J connectivity index is 0.000000320. The molecule has 3 aliphatic carbocycles. The molecule has 4 nitrogen and oxygen atoms in total. The molecule has 3 aromatic rings. The van der Waals surface area contributed by atoms with Gasteiger partial charge in [0.25, 0.3) is 0 Å². The maximum absolute atomic E-state index is 6.95. The number of ether oxygens (including phenoxy) is 3. The van der Waals surface area contributed by atoms with Gasteiger partial charge in [-0.15, -0.1) is 0 Å². The molecule has 3 atom stereocenters. The fourth-order valence-electron chi connectivity index (χ4n) is 11.5. The van der Waals surface area contributed by atoms with Crippen LogP contribution in [-0.2, 0) is 33.5 Å². The highest BCUT2D eigenvalue weighted by Crippen LogP contribution is 2.56. The van der Waals surface area contributed by atoms with E-state index in [9.17, 15) is 0 Å². The molecule has 3 aliphatic rings. The normalized spacial score (nSPS) is 23.0. The van der Waals surface area contributed by atoms with Crippen LogP contribution in [0.2, 0.25) is 6.32 Å². The third-order valence-electron chi connectivity index (χ3n) is 14.8. The lowest BCUT2D eigenvalue weighted by Crippen LogP contribution is -2.84. The summed E-state index contributed by atoms with van der Waals surface area (Å²) in [6.07, 6.45) is 28.6. The van der Waals surface area contributed by atoms with Crippen LogP contribution in [-0.4, -0.2) is 74.6 Å². The van der Waals surface area contributed by atoms with Gasteiger partial charge in [-0.2, -0.15) is 6.32 Å². The summed E-state index contributed by atoms with van der Waals surface area (Å²) in [5, 5.41) is 0. The van der Waals surface area contributed by atoms with Gasteiger partial charge >= 0.3 is 0 Å². The summed E-state index contributed by atoms with van der Waals surface area (Å²) < 4.78 is 22.3. The van der Waals surface area contributed by atoms with Crippen LogP contribution in [0.25, 0.3) is 18.2 Å². The lowest BCUT2D eigenvalue weighted by Gasteiger charge is -2.71. The number of quaternary nitrogens is 1. The van der Waals surface area contributed by atoms with Gasteiger partial charge in [-0.3, -0.25) is 0 Å². The Kier molecular flexibility index (Phi) is 16.9. The van der Waals surface area contributed by atoms with Gasteiger partial charge in [0.05, 0.1) is 26.2 Å². The third kappa shape index (κ3) is 9.24. The minimum Gasteiger partial charge on any atom is -0.412 e. The van der Waals surface area contributed by atoms with Crippen LogP contribution in [0.5, 0.6) is 0 Å². The Morgan fingerprint density at radius 3 is 1.02 bits per heavy atom. The smallest absolute Gasteiger partial charge is 0.120 e. The van der Waals surface area contributed by atoms with Crippen molar-refractivity contribution >= 4 is 24.4 Å². The monoisotopic (exact) mass is 788 g/mol. The molecule has 0 aliphatic heterocycles. The second kappa shape index (κ2) is 21.3. The highest BCUT2D eigenvalue weighted by molar-refractivity contribution is 6.89. The molecule has 0 bridgehead atoms.